The van der Waals surface area contributed by atoms with Gasteiger partial charge in [-0.25, -0.2) is 0 Å². The molecule has 0 bridgehead atoms. The summed E-state index contributed by atoms with van der Waals surface area (Å²) in [6.45, 7) is 2.11. The predicted molar refractivity (Wildman–Crippen MR) is 86.7 cm³/mol. The average molecular weight is 459 g/mol. The highest BCUT2D eigenvalue weighted by Gasteiger charge is 2.17. The monoisotopic (exact) mass is 456 g/mol. The first-order chi connectivity index (χ1) is 8.00. The summed E-state index contributed by atoms with van der Waals surface area (Å²) in [6.07, 6.45) is 0. The molecule has 5 heteroatoms. The van der Waals surface area contributed by atoms with Crippen molar-refractivity contribution in [3.05, 3.63) is 53.6 Å². The molecule has 0 N–H and O–H groups in total. The van der Waals surface area contributed by atoms with Crippen LogP contribution in [0, 0.1) is 6.92 Å². The zero-order valence-electron chi connectivity index (χ0n) is 8.81. The van der Waals surface area contributed by atoms with Crippen molar-refractivity contribution < 1.29 is 0 Å². The van der Waals surface area contributed by atoms with E-state index in [1.54, 1.807) is 11.3 Å². The Morgan fingerprint density at radius 3 is 2.53 bits per heavy atom. The number of thiophene rings is 1. The zero-order chi connectivity index (χ0) is 12.6. The summed E-state index contributed by atoms with van der Waals surface area (Å²) < 4.78 is 2.87. The van der Waals surface area contributed by atoms with Crippen LogP contribution < -0.4 is 0 Å². The number of rotatable bonds is 2. The second kappa shape index (κ2) is 5.74. The molecule has 1 aromatic heterocycles. The lowest BCUT2D eigenvalue weighted by Crippen LogP contribution is -1.93. The van der Waals surface area contributed by atoms with Crippen LogP contribution in [-0.4, -0.2) is 0 Å². The topological polar surface area (TPSA) is 0 Å². The van der Waals surface area contributed by atoms with Crippen LogP contribution >= 0.6 is 70.7 Å². The maximum atomic E-state index is 6.07. The smallest absolute Gasteiger partial charge is 0.107 e. The van der Waals surface area contributed by atoms with Gasteiger partial charge in [0.1, 0.15) is 4.34 Å². The molecule has 1 unspecified atom stereocenters. The molecule has 0 aliphatic heterocycles. The minimum atomic E-state index is 0.175. The molecule has 2 aromatic rings. The van der Waals surface area contributed by atoms with Crippen molar-refractivity contribution in [1.29, 1.82) is 0 Å². The van der Waals surface area contributed by atoms with Crippen molar-refractivity contribution in [2.24, 2.45) is 0 Å². The molecule has 0 saturated carbocycles. The van der Waals surface area contributed by atoms with Gasteiger partial charge in [-0.15, -0.1) is 11.3 Å². The van der Waals surface area contributed by atoms with E-state index in [-0.39, 0.29) is 4.83 Å². The van der Waals surface area contributed by atoms with Crippen molar-refractivity contribution >= 4 is 70.7 Å². The molecule has 0 spiro atoms. The number of hydrogen-bond acceptors (Lipinski definition) is 1. The third kappa shape index (κ3) is 2.98. The van der Waals surface area contributed by atoms with Crippen LogP contribution in [0.4, 0.5) is 0 Å². The molecule has 0 nitrogen and oxygen atoms in total. The van der Waals surface area contributed by atoms with Gasteiger partial charge in [-0.2, -0.15) is 0 Å². The SMILES string of the molecule is Cc1c(Br)cccc1C(Br)c1cc(Br)c(Cl)s1. The fourth-order valence-corrected chi connectivity index (χ4v) is 4.56. The fraction of sp³-hybridized carbons (Fsp3) is 0.167. The van der Waals surface area contributed by atoms with Gasteiger partial charge in [0.2, 0.25) is 0 Å². The van der Waals surface area contributed by atoms with Crippen molar-refractivity contribution in [1.82, 2.24) is 0 Å². The zero-order valence-corrected chi connectivity index (χ0v) is 15.1. The van der Waals surface area contributed by atoms with Crippen LogP contribution in [0.2, 0.25) is 4.34 Å². The van der Waals surface area contributed by atoms with Crippen LogP contribution in [-0.2, 0) is 0 Å². The molecule has 0 amide bonds. The molecule has 1 heterocycles. The van der Waals surface area contributed by atoms with E-state index in [2.05, 4.69) is 72.9 Å². The molecular weight excluding hydrogens is 451 g/mol. The Hall–Kier alpha value is 0.650. The molecule has 0 radical (unpaired) electrons. The number of alkyl halides is 1. The molecule has 90 valence electrons. The summed E-state index contributed by atoms with van der Waals surface area (Å²) in [6, 6.07) is 8.29. The van der Waals surface area contributed by atoms with Crippen LogP contribution in [0.3, 0.4) is 0 Å². The average Bonchev–Trinajstić information content (AvgIpc) is 2.62. The highest BCUT2D eigenvalue weighted by atomic mass is 79.9. The predicted octanol–water partition coefficient (Wildman–Crippen LogP) is 6.72. The molecular formula is C12H8Br3ClS. The molecule has 0 saturated heterocycles. The van der Waals surface area contributed by atoms with Crippen LogP contribution in [0.5, 0.6) is 0 Å². The lowest BCUT2D eigenvalue weighted by Gasteiger charge is -2.12. The van der Waals surface area contributed by atoms with Crippen molar-refractivity contribution in [2.75, 3.05) is 0 Å². The highest BCUT2D eigenvalue weighted by molar-refractivity contribution is 9.11. The summed E-state index contributed by atoms with van der Waals surface area (Å²) in [4.78, 5) is 1.37. The van der Waals surface area contributed by atoms with Crippen molar-refractivity contribution in [3.63, 3.8) is 0 Å². The third-order valence-corrected chi connectivity index (χ3v) is 7.18. The summed E-state index contributed by atoms with van der Waals surface area (Å²) in [7, 11) is 0. The molecule has 2 rings (SSSR count). The minimum Gasteiger partial charge on any atom is -0.126 e. The molecule has 1 atom stereocenters. The Labute approximate surface area is 135 Å². The maximum Gasteiger partial charge on any atom is 0.107 e. The Kier molecular flexibility index (Phi) is 4.75. The lowest BCUT2D eigenvalue weighted by molar-refractivity contribution is 1.17. The van der Waals surface area contributed by atoms with E-state index in [9.17, 15) is 0 Å². The van der Waals surface area contributed by atoms with Gasteiger partial charge < -0.3 is 0 Å². The van der Waals surface area contributed by atoms with Gasteiger partial charge in [-0.05, 0) is 46.1 Å². The van der Waals surface area contributed by atoms with Gasteiger partial charge in [0.25, 0.3) is 0 Å². The summed E-state index contributed by atoms with van der Waals surface area (Å²) >= 11 is 18.4. The lowest BCUT2D eigenvalue weighted by atomic mass is 10.1. The van der Waals surface area contributed by atoms with E-state index >= 15 is 0 Å². The normalized spacial score (nSPS) is 12.8. The molecule has 0 fully saturated rings. The Balaban J connectivity index is 2.43. The van der Waals surface area contributed by atoms with Crippen LogP contribution in [0.25, 0.3) is 0 Å². The molecule has 1 aromatic carbocycles. The quantitative estimate of drug-likeness (QED) is 0.438. The molecule has 17 heavy (non-hydrogen) atoms. The van der Waals surface area contributed by atoms with Crippen molar-refractivity contribution in [2.45, 2.75) is 11.8 Å². The van der Waals surface area contributed by atoms with E-state index in [1.165, 1.54) is 16.0 Å². The minimum absolute atomic E-state index is 0.175. The maximum absolute atomic E-state index is 6.07. The highest BCUT2D eigenvalue weighted by Crippen LogP contribution is 2.42. The number of halogens is 4. The number of benzene rings is 1. The standard InChI is InChI=1S/C12H8Br3ClS/c1-6-7(3-2-4-8(6)13)11(15)10-5-9(14)12(16)17-10/h2-5,11H,1H3. The van der Waals surface area contributed by atoms with Crippen LogP contribution in [0.1, 0.15) is 20.8 Å². The first kappa shape index (κ1) is 14.1. The summed E-state index contributed by atoms with van der Waals surface area (Å²) in [5.74, 6) is 0. The Bertz CT molecular complexity index is 531. The van der Waals surface area contributed by atoms with Gasteiger partial charge >= 0.3 is 0 Å². The Morgan fingerprint density at radius 2 is 1.94 bits per heavy atom. The van der Waals surface area contributed by atoms with Crippen molar-refractivity contribution in [3.8, 4) is 0 Å². The first-order valence-corrected chi connectivity index (χ1v) is 8.54. The largest absolute Gasteiger partial charge is 0.126 e. The van der Waals surface area contributed by atoms with Gasteiger partial charge in [0.05, 0.1) is 4.83 Å². The van der Waals surface area contributed by atoms with Gasteiger partial charge in [0.15, 0.2) is 0 Å². The van der Waals surface area contributed by atoms with E-state index in [4.69, 9.17) is 11.6 Å². The first-order valence-electron chi connectivity index (χ1n) is 4.84. The van der Waals surface area contributed by atoms with E-state index in [0.717, 1.165) is 13.3 Å². The number of hydrogen-bond donors (Lipinski definition) is 0. The third-order valence-electron chi connectivity index (χ3n) is 2.50. The second-order valence-corrected chi connectivity index (χ2v) is 7.90. The van der Waals surface area contributed by atoms with Gasteiger partial charge in [-0.1, -0.05) is 55.6 Å². The van der Waals surface area contributed by atoms with Crippen LogP contribution in [0.15, 0.2) is 33.2 Å². The van der Waals surface area contributed by atoms with Gasteiger partial charge in [-0.3, -0.25) is 0 Å². The summed E-state index contributed by atoms with van der Waals surface area (Å²) in [5.41, 5.74) is 2.50. The Morgan fingerprint density at radius 1 is 1.24 bits per heavy atom. The summed E-state index contributed by atoms with van der Waals surface area (Å²) in [5, 5.41) is 0. The molecule has 0 aliphatic rings. The van der Waals surface area contributed by atoms with E-state index in [0.29, 0.717) is 0 Å². The van der Waals surface area contributed by atoms with E-state index in [1.807, 2.05) is 6.07 Å². The second-order valence-electron chi connectivity index (χ2n) is 3.59. The van der Waals surface area contributed by atoms with Gasteiger partial charge in [0, 0.05) is 13.8 Å². The molecule has 0 aliphatic carbocycles. The van der Waals surface area contributed by atoms with E-state index < -0.39 is 0 Å². The fourth-order valence-electron chi connectivity index (χ4n) is 1.54.